The zero-order valence-corrected chi connectivity index (χ0v) is 13.2. The average molecular weight is 258 g/mol. The number of nitrogens with zero attached hydrogens (tertiary/aromatic N) is 3. The fourth-order valence-corrected chi connectivity index (χ4v) is 1.97. The Bertz CT molecular complexity index is 175. The SMILES string of the molecule is CCCN(C)CCN(C)CCCN(C)CCNC. The van der Waals surface area contributed by atoms with E-state index in [1.807, 2.05) is 7.05 Å². The van der Waals surface area contributed by atoms with Gasteiger partial charge in [0.15, 0.2) is 0 Å². The van der Waals surface area contributed by atoms with Gasteiger partial charge in [-0.15, -0.1) is 0 Å². The molecule has 0 spiro atoms. The summed E-state index contributed by atoms with van der Waals surface area (Å²) in [6, 6.07) is 0. The summed E-state index contributed by atoms with van der Waals surface area (Å²) in [6.45, 7) is 10.4. The first-order valence-corrected chi connectivity index (χ1v) is 7.30. The molecule has 0 aliphatic carbocycles. The van der Waals surface area contributed by atoms with Crippen molar-refractivity contribution in [2.24, 2.45) is 0 Å². The Kier molecular flexibility index (Phi) is 11.8. The highest BCUT2D eigenvalue weighted by Gasteiger charge is 2.02. The highest BCUT2D eigenvalue weighted by Crippen LogP contribution is 1.93. The Morgan fingerprint density at radius 2 is 1.22 bits per heavy atom. The summed E-state index contributed by atoms with van der Waals surface area (Å²) in [6.07, 6.45) is 2.50. The Morgan fingerprint density at radius 1 is 0.722 bits per heavy atom. The number of nitrogens with one attached hydrogen (secondary N) is 1. The first-order chi connectivity index (χ1) is 8.60. The van der Waals surface area contributed by atoms with Crippen molar-refractivity contribution in [3.63, 3.8) is 0 Å². The third-order valence-corrected chi connectivity index (χ3v) is 3.29. The van der Waals surface area contributed by atoms with Crippen LogP contribution in [0.3, 0.4) is 0 Å². The van der Waals surface area contributed by atoms with E-state index in [-0.39, 0.29) is 0 Å². The van der Waals surface area contributed by atoms with Gasteiger partial charge < -0.3 is 20.0 Å². The Labute approximate surface area is 114 Å². The molecule has 0 aliphatic rings. The predicted molar refractivity (Wildman–Crippen MR) is 81.3 cm³/mol. The van der Waals surface area contributed by atoms with E-state index in [9.17, 15) is 0 Å². The van der Waals surface area contributed by atoms with Crippen LogP contribution >= 0.6 is 0 Å². The topological polar surface area (TPSA) is 21.8 Å². The number of hydrogen-bond donors (Lipinski definition) is 1. The summed E-state index contributed by atoms with van der Waals surface area (Å²) in [7, 11) is 8.65. The molecule has 0 atom stereocenters. The molecule has 18 heavy (non-hydrogen) atoms. The van der Waals surface area contributed by atoms with Gasteiger partial charge in [0.2, 0.25) is 0 Å². The second-order valence-corrected chi connectivity index (χ2v) is 5.37. The maximum absolute atomic E-state index is 3.18. The zero-order valence-electron chi connectivity index (χ0n) is 13.2. The van der Waals surface area contributed by atoms with Gasteiger partial charge in [0.25, 0.3) is 0 Å². The molecule has 0 unspecified atom stereocenters. The van der Waals surface area contributed by atoms with Crippen LogP contribution in [0, 0.1) is 0 Å². The van der Waals surface area contributed by atoms with Gasteiger partial charge in [-0.05, 0) is 60.7 Å². The van der Waals surface area contributed by atoms with Crippen LogP contribution in [0.5, 0.6) is 0 Å². The summed E-state index contributed by atoms with van der Waals surface area (Å²) >= 11 is 0. The van der Waals surface area contributed by atoms with Gasteiger partial charge in [-0.3, -0.25) is 0 Å². The molecule has 0 aromatic heterocycles. The van der Waals surface area contributed by atoms with E-state index in [1.54, 1.807) is 0 Å². The van der Waals surface area contributed by atoms with Crippen molar-refractivity contribution in [3.8, 4) is 0 Å². The lowest BCUT2D eigenvalue weighted by Gasteiger charge is -2.23. The van der Waals surface area contributed by atoms with Crippen molar-refractivity contribution in [1.82, 2.24) is 20.0 Å². The number of hydrogen-bond acceptors (Lipinski definition) is 4. The average Bonchev–Trinajstić information content (AvgIpc) is 2.34. The van der Waals surface area contributed by atoms with Crippen LogP contribution in [0.15, 0.2) is 0 Å². The molecule has 0 saturated carbocycles. The van der Waals surface area contributed by atoms with Crippen LogP contribution in [0.2, 0.25) is 0 Å². The second-order valence-electron chi connectivity index (χ2n) is 5.37. The summed E-state index contributed by atoms with van der Waals surface area (Å²) < 4.78 is 0. The Balaban J connectivity index is 3.43. The minimum Gasteiger partial charge on any atom is -0.318 e. The summed E-state index contributed by atoms with van der Waals surface area (Å²) in [5, 5.41) is 3.18. The van der Waals surface area contributed by atoms with E-state index < -0.39 is 0 Å². The van der Waals surface area contributed by atoms with Crippen LogP contribution in [0.25, 0.3) is 0 Å². The first-order valence-electron chi connectivity index (χ1n) is 7.30. The predicted octanol–water partition coefficient (Wildman–Crippen LogP) is 0.801. The van der Waals surface area contributed by atoms with Gasteiger partial charge >= 0.3 is 0 Å². The molecule has 0 radical (unpaired) electrons. The molecular weight excluding hydrogens is 224 g/mol. The molecule has 0 aromatic rings. The van der Waals surface area contributed by atoms with Crippen molar-refractivity contribution < 1.29 is 0 Å². The highest BCUT2D eigenvalue weighted by atomic mass is 15.2. The molecule has 0 saturated heterocycles. The molecule has 1 N–H and O–H groups in total. The summed E-state index contributed by atoms with van der Waals surface area (Å²) in [5.74, 6) is 0. The van der Waals surface area contributed by atoms with Crippen molar-refractivity contribution in [2.75, 3.05) is 74.0 Å². The van der Waals surface area contributed by atoms with Gasteiger partial charge in [-0.2, -0.15) is 0 Å². The molecule has 0 aromatic carbocycles. The molecule has 0 bridgehead atoms. The molecule has 4 nitrogen and oxygen atoms in total. The van der Waals surface area contributed by atoms with E-state index in [1.165, 1.54) is 45.6 Å². The van der Waals surface area contributed by atoms with Crippen LogP contribution in [0.1, 0.15) is 19.8 Å². The molecule has 0 fully saturated rings. The zero-order chi connectivity index (χ0) is 13.8. The maximum Gasteiger partial charge on any atom is 0.0106 e. The first kappa shape index (κ1) is 17.8. The van der Waals surface area contributed by atoms with Crippen LogP contribution in [0.4, 0.5) is 0 Å². The second kappa shape index (κ2) is 11.9. The molecule has 4 heteroatoms. The largest absolute Gasteiger partial charge is 0.318 e. The molecule has 0 heterocycles. The van der Waals surface area contributed by atoms with E-state index in [0.29, 0.717) is 0 Å². The van der Waals surface area contributed by atoms with Gasteiger partial charge in [0.05, 0.1) is 0 Å². The van der Waals surface area contributed by atoms with Crippen LogP contribution < -0.4 is 5.32 Å². The maximum atomic E-state index is 3.18. The van der Waals surface area contributed by atoms with Crippen molar-refractivity contribution in [1.29, 1.82) is 0 Å². The fraction of sp³-hybridized carbons (Fsp3) is 1.00. The lowest BCUT2D eigenvalue weighted by atomic mass is 10.3. The molecular formula is C14H34N4. The van der Waals surface area contributed by atoms with Crippen LogP contribution in [-0.2, 0) is 0 Å². The normalized spacial score (nSPS) is 12.0. The molecule has 0 aliphatic heterocycles. The summed E-state index contributed by atoms with van der Waals surface area (Å²) in [4.78, 5) is 7.25. The molecule has 110 valence electrons. The smallest absolute Gasteiger partial charge is 0.0106 e. The lowest BCUT2D eigenvalue weighted by molar-refractivity contribution is 0.241. The summed E-state index contributed by atoms with van der Waals surface area (Å²) in [5.41, 5.74) is 0. The third kappa shape index (κ3) is 11.0. The lowest BCUT2D eigenvalue weighted by Crippen LogP contribution is -2.34. The van der Waals surface area contributed by atoms with E-state index >= 15 is 0 Å². The van der Waals surface area contributed by atoms with Crippen molar-refractivity contribution >= 4 is 0 Å². The minimum absolute atomic E-state index is 1.08. The van der Waals surface area contributed by atoms with Gasteiger partial charge in [-0.1, -0.05) is 6.92 Å². The van der Waals surface area contributed by atoms with E-state index in [4.69, 9.17) is 0 Å². The van der Waals surface area contributed by atoms with Gasteiger partial charge in [0, 0.05) is 26.2 Å². The van der Waals surface area contributed by atoms with E-state index in [0.717, 1.165) is 13.1 Å². The van der Waals surface area contributed by atoms with Gasteiger partial charge in [0.1, 0.15) is 0 Å². The van der Waals surface area contributed by atoms with Crippen molar-refractivity contribution in [2.45, 2.75) is 19.8 Å². The molecule has 0 rings (SSSR count). The minimum atomic E-state index is 1.08. The fourth-order valence-electron chi connectivity index (χ4n) is 1.97. The van der Waals surface area contributed by atoms with Gasteiger partial charge in [-0.25, -0.2) is 0 Å². The number of rotatable bonds is 12. The highest BCUT2D eigenvalue weighted by molar-refractivity contribution is 4.59. The molecule has 0 amide bonds. The Morgan fingerprint density at radius 3 is 1.72 bits per heavy atom. The van der Waals surface area contributed by atoms with Crippen LogP contribution in [-0.4, -0.2) is 88.7 Å². The van der Waals surface area contributed by atoms with E-state index in [2.05, 4.69) is 48.1 Å². The third-order valence-electron chi connectivity index (χ3n) is 3.29. The number of likely N-dealkylation sites (N-methyl/N-ethyl adjacent to an activating group) is 4. The monoisotopic (exact) mass is 258 g/mol. The van der Waals surface area contributed by atoms with Crippen molar-refractivity contribution in [3.05, 3.63) is 0 Å². The Hall–Kier alpha value is -0.160. The standard InChI is InChI=1S/C14H34N4/c1-6-9-16(3)13-14-18(5)11-7-10-17(4)12-8-15-2/h15H,6-14H2,1-5H3. The quantitative estimate of drug-likeness (QED) is 0.559.